The number of nitrogens with zero attached hydrogens (tertiary/aromatic N) is 1. The minimum Gasteiger partial charge on any atom is -0.493 e. The summed E-state index contributed by atoms with van der Waals surface area (Å²) < 4.78 is 32.8. The van der Waals surface area contributed by atoms with Gasteiger partial charge in [-0.25, -0.2) is 9.78 Å². The predicted molar refractivity (Wildman–Crippen MR) is 158 cm³/mol. The Labute approximate surface area is 261 Å². The molecule has 1 saturated heterocycles. The van der Waals surface area contributed by atoms with Crippen molar-refractivity contribution in [1.29, 1.82) is 0 Å². The zero-order valence-electron chi connectivity index (χ0n) is 26.5. The largest absolute Gasteiger partial charge is 0.493 e. The van der Waals surface area contributed by atoms with Crippen LogP contribution in [0.3, 0.4) is 0 Å². The second-order valence-corrected chi connectivity index (χ2v) is 11.8. The van der Waals surface area contributed by atoms with Gasteiger partial charge in [-0.05, 0) is 39.7 Å². The molecule has 1 amide bonds. The maximum Gasteiger partial charge on any atom is 0.332 e. The second kappa shape index (κ2) is 15.4. The van der Waals surface area contributed by atoms with Crippen molar-refractivity contribution in [2.24, 2.45) is 17.3 Å². The van der Waals surface area contributed by atoms with Crippen LogP contribution in [0.5, 0.6) is 11.5 Å². The fraction of sp³-hybridized carbons (Fsp3) is 0.500. The van der Waals surface area contributed by atoms with Crippen LogP contribution in [0.2, 0.25) is 0 Å². The Morgan fingerprint density at radius 2 is 1.76 bits per heavy atom. The Morgan fingerprint density at radius 1 is 1.07 bits per heavy atom. The van der Waals surface area contributed by atoms with Crippen molar-refractivity contribution in [3.8, 4) is 11.5 Å². The van der Waals surface area contributed by atoms with E-state index in [4.69, 9.17) is 28.4 Å². The molecule has 0 bridgehead atoms. The Bertz CT molecular complexity index is 1370. The zero-order valence-corrected chi connectivity index (χ0v) is 26.5. The first-order valence-corrected chi connectivity index (χ1v) is 14.5. The second-order valence-electron chi connectivity index (χ2n) is 11.8. The van der Waals surface area contributed by atoms with Crippen molar-refractivity contribution >= 4 is 29.8 Å². The lowest BCUT2D eigenvalue weighted by atomic mass is 9.91. The van der Waals surface area contributed by atoms with Crippen LogP contribution in [-0.4, -0.2) is 73.5 Å². The lowest BCUT2D eigenvalue weighted by Gasteiger charge is -2.29. The number of cyclic esters (lactones) is 2. The van der Waals surface area contributed by atoms with Gasteiger partial charge in [0.1, 0.15) is 18.6 Å². The molecule has 1 aromatic heterocycles. The van der Waals surface area contributed by atoms with Crippen molar-refractivity contribution < 1.29 is 52.4 Å². The summed E-state index contributed by atoms with van der Waals surface area (Å²) in [5, 5.41) is 2.47. The summed E-state index contributed by atoms with van der Waals surface area (Å²) in [6.07, 6.45) is -0.817. The smallest absolute Gasteiger partial charge is 0.332 e. The highest BCUT2D eigenvalue weighted by molar-refractivity contribution is 5.98. The van der Waals surface area contributed by atoms with Crippen molar-refractivity contribution in [2.45, 2.75) is 66.2 Å². The van der Waals surface area contributed by atoms with Gasteiger partial charge in [0.05, 0.1) is 18.4 Å². The van der Waals surface area contributed by atoms with Gasteiger partial charge in [0.15, 0.2) is 29.3 Å². The van der Waals surface area contributed by atoms with E-state index >= 15 is 0 Å². The van der Waals surface area contributed by atoms with Crippen molar-refractivity contribution in [3.05, 3.63) is 53.9 Å². The van der Waals surface area contributed by atoms with Crippen LogP contribution in [0, 0.1) is 17.3 Å². The van der Waals surface area contributed by atoms with E-state index in [-0.39, 0.29) is 23.6 Å². The Morgan fingerprint density at radius 3 is 2.38 bits per heavy atom. The first kappa shape index (κ1) is 34.8. The number of esters is 4. The van der Waals surface area contributed by atoms with Gasteiger partial charge in [-0.15, -0.1) is 0 Å². The summed E-state index contributed by atoms with van der Waals surface area (Å²) in [7, 11) is 1.34. The minimum absolute atomic E-state index is 0.109. The van der Waals surface area contributed by atoms with E-state index in [1.807, 2.05) is 18.2 Å². The van der Waals surface area contributed by atoms with Gasteiger partial charge in [-0.1, -0.05) is 44.2 Å². The van der Waals surface area contributed by atoms with Gasteiger partial charge in [-0.2, -0.15) is 0 Å². The number of benzene rings is 1. The number of aromatic nitrogens is 1. The number of nitrogens with one attached hydrogen (secondary N) is 1. The van der Waals surface area contributed by atoms with Crippen molar-refractivity contribution in [2.75, 3.05) is 20.5 Å². The highest BCUT2D eigenvalue weighted by Crippen LogP contribution is 2.30. The zero-order chi connectivity index (χ0) is 33.3. The van der Waals surface area contributed by atoms with E-state index in [9.17, 15) is 24.0 Å². The SMILES string of the molecule is COc1ccnc(C(=O)N[C@H]2COC(=O)[C@H](Cc3ccccc3)[C@@H](OC(=O)C(C)C)[C@H](C)OC2=O)c1OCOC(=O)C(C)(C)C. The topological polar surface area (TPSA) is 166 Å². The van der Waals surface area contributed by atoms with E-state index in [1.54, 1.807) is 46.8 Å². The number of carbonyl (C=O) groups is 5. The number of rotatable bonds is 10. The summed E-state index contributed by atoms with van der Waals surface area (Å²) >= 11 is 0. The first-order chi connectivity index (χ1) is 21.2. The van der Waals surface area contributed by atoms with Gasteiger partial charge in [0.25, 0.3) is 5.91 Å². The van der Waals surface area contributed by atoms with Gasteiger partial charge in [0, 0.05) is 12.3 Å². The van der Waals surface area contributed by atoms with Gasteiger partial charge in [0.2, 0.25) is 6.79 Å². The lowest BCUT2D eigenvalue weighted by molar-refractivity contribution is -0.176. The molecule has 0 spiro atoms. The molecule has 4 atom stereocenters. The van der Waals surface area contributed by atoms with Crippen LogP contribution in [0.1, 0.15) is 57.6 Å². The number of hydrogen-bond acceptors (Lipinski definition) is 12. The van der Waals surface area contributed by atoms with E-state index in [1.165, 1.54) is 26.3 Å². The molecular formula is C32H40N2O11. The van der Waals surface area contributed by atoms with Gasteiger partial charge < -0.3 is 33.7 Å². The van der Waals surface area contributed by atoms with Crippen LogP contribution < -0.4 is 14.8 Å². The standard InChI is InChI=1S/C32H40N2O11/c1-18(2)28(36)45-25-19(3)44-30(38)22(16-41-29(37)21(25)15-20-11-9-8-10-12-20)34-27(35)24-26(23(40-7)13-14-33-24)42-17-43-31(39)32(4,5)6/h8-14,18-19,21-22,25H,15-17H2,1-7H3,(H,34,35)/t19-,21+,22-,25-/m0/s1. The fourth-order valence-corrected chi connectivity index (χ4v) is 4.23. The lowest BCUT2D eigenvalue weighted by Crippen LogP contribution is -2.47. The third-order valence-electron chi connectivity index (χ3n) is 6.78. The number of ether oxygens (including phenoxy) is 6. The number of methoxy groups -OCH3 is 1. The number of carbonyl (C=O) groups excluding carboxylic acids is 5. The quantitative estimate of drug-likeness (QED) is 0.233. The molecule has 1 aliphatic heterocycles. The van der Waals surface area contributed by atoms with Crippen LogP contribution in [0.25, 0.3) is 0 Å². The predicted octanol–water partition coefficient (Wildman–Crippen LogP) is 3.03. The maximum atomic E-state index is 13.4. The molecule has 45 heavy (non-hydrogen) atoms. The van der Waals surface area contributed by atoms with Crippen molar-refractivity contribution in [3.63, 3.8) is 0 Å². The molecule has 0 saturated carbocycles. The first-order valence-electron chi connectivity index (χ1n) is 14.5. The minimum atomic E-state index is -1.46. The van der Waals surface area contributed by atoms with E-state index in [0.29, 0.717) is 0 Å². The summed E-state index contributed by atoms with van der Waals surface area (Å²) in [5.74, 6) is -5.24. The maximum absolute atomic E-state index is 13.4. The summed E-state index contributed by atoms with van der Waals surface area (Å²) in [6.45, 7) is 8.68. The van der Waals surface area contributed by atoms with Crippen LogP contribution in [0.4, 0.5) is 0 Å². The molecule has 2 heterocycles. The highest BCUT2D eigenvalue weighted by atomic mass is 16.7. The highest BCUT2D eigenvalue weighted by Gasteiger charge is 2.42. The molecule has 0 unspecified atom stereocenters. The summed E-state index contributed by atoms with van der Waals surface area (Å²) in [6, 6.07) is 9.03. The van der Waals surface area contributed by atoms with Crippen LogP contribution >= 0.6 is 0 Å². The Kier molecular flexibility index (Phi) is 11.9. The summed E-state index contributed by atoms with van der Waals surface area (Å²) in [4.78, 5) is 69.0. The molecule has 2 aromatic rings. The molecule has 13 nitrogen and oxygen atoms in total. The van der Waals surface area contributed by atoms with E-state index < -0.39 is 78.7 Å². The molecule has 1 fully saturated rings. The number of amides is 1. The molecule has 3 rings (SSSR count). The third kappa shape index (κ3) is 9.40. The third-order valence-corrected chi connectivity index (χ3v) is 6.78. The van der Waals surface area contributed by atoms with Crippen molar-refractivity contribution in [1.82, 2.24) is 10.3 Å². The molecular weight excluding hydrogens is 588 g/mol. The molecule has 1 aromatic carbocycles. The monoisotopic (exact) mass is 628 g/mol. The summed E-state index contributed by atoms with van der Waals surface area (Å²) in [5.41, 5.74) is -0.308. The normalized spacial score (nSPS) is 20.4. The molecule has 0 aliphatic carbocycles. The van der Waals surface area contributed by atoms with E-state index in [0.717, 1.165) is 5.56 Å². The average Bonchev–Trinajstić information content (AvgIpc) is 3.02. The Balaban J connectivity index is 1.85. The molecule has 0 radical (unpaired) electrons. The van der Waals surface area contributed by atoms with E-state index in [2.05, 4.69) is 10.3 Å². The Hall–Kier alpha value is -4.68. The van der Waals surface area contributed by atoms with Gasteiger partial charge in [-0.3, -0.25) is 19.2 Å². The van der Waals surface area contributed by atoms with Gasteiger partial charge >= 0.3 is 23.9 Å². The molecule has 1 aliphatic rings. The number of hydrogen-bond donors (Lipinski definition) is 1. The fourth-order valence-electron chi connectivity index (χ4n) is 4.23. The average molecular weight is 629 g/mol. The molecule has 244 valence electrons. The van der Waals surface area contributed by atoms with Crippen LogP contribution in [-0.2, 0) is 44.5 Å². The molecule has 1 N–H and O–H groups in total. The van der Waals surface area contributed by atoms with Crippen LogP contribution in [0.15, 0.2) is 42.6 Å². The molecule has 13 heteroatoms. The number of pyridine rings is 1.